The highest BCUT2D eigenvalue weighted by molar-refractivity contribution is 7.92. The second-order valence-corrected chi connectivity index (χ2v) is 8.04. The smallest absolute Gasteiger partial charge is 0.246 e. The third kappa shape index (κ3) is 4.41. The first-order valence-electron chi connectivity index (χ1n) is 8.27. The van der Waals surface area contributed by atoms with E-state index >= 15 is 0 Å². The van der Waals surface area contributed by atoms with Crippen molar-refractivity contribution in [2.24, 2.45) is 0 Å². The third-order valence-electron chi connectivity index (χ3n) is 4.29. The van der Waals surface area contributed by atoms with Crippen LogP contribution in [0.1, 0.15) is 32.6 Å². The van der Waals surface area contributed by atoms with Crippen molar-refractivity contribution < 1.29 is 17.9 Å². The molecule has 134 valence electrons. The maximum Gasteiger partial charge on any atom is 0.246 e. The highest BCUT2D eigenvalue weighted by atomic mass is 32.2. The molecule has 1 aromatic carbocycles. The van der Waals surface area contributed by atoms with Crippen LogP contribution >= 0.6 is 0 Å². The van der Waals surface area contributed by atoms with Crippen LogP contribution in [0.4, 0.5) is 5.69 Å². The van der Waals surface area contributed by atoms with Crippen LogP contribution in [0.2, 0.25) is 0 Å². The van der Waals surface area contributed by atoms with Gasteiger partial charge in [0, 0.05) is 19.2 Å². The molecule has 0 radical (unpaired) electrons. The lowest BCUT2D eigenvalue weighted by Gasteiger charge is -2.32. The van der Waals surface area contributed by atoms with Crippen LogP contribution in [0.25, 0.3) is 0 Å². The van der Waals surface area contributed by atoms with Gasteiger partial charge in [-0.3, -0.25) is 9.10 Å². The zero-order valence-electron chi connectivity index (χ0n) is 14.6. The highest BCUT2D eigenvalue weighted by Gasteiger charge is 2.32. The molecule has 1 saturated heterocycles. The predicted octanol–water partition coefficient (Wildman–Crippen LogP) is 2.25. The first-order valence-corrected chi connectivity index (χ1v) is 10.1. The van der Waals surface area contributed by atoms with E-state index in [1.165, 1.54) is 11.4 Å². The summed E-state index contributed by atoms with van der Waals surface area (Å²) >= 11 is 0. The minimum absolute atomic E-state index is 0.148. The lowest BCUT2D eigenvalue weighted by molar-refractivity contribution is -0.131. The van der Waals surface area contributed by atoms with Crippen molar-refractivity contribution in [1.29, 1.82) is 0 Å². The summed E-state index contributed by atoms with van der Waals surface area (Å²) in [5.41, 5.74) is 0.438. The number of amides is 1. The van der Waals surface area contributed by atoms with Gasteiger partial charge in [0.1, 0.15) is 11.8 Å². The molecule has 0 spiro atoms. The fraction of sp³-hybridized carbons (Fsp3) is 0.588. The van der Waals surface area contributed by atoms with E-state index in [2.05, 4.69) is 0 Å². The van der Waals surface area contributed by atoms with Gasteiger partial charge >= 0.3 is 0 Å². The van der Waals surface area contributed by atoms with E-state index in [1.54, 1.807) is 36.1 Å². The number of hydrogen-bond acceptors (Lipinski definition) is 4. The minimum atomic E-state index is -3.60. The Morgan fingerprint density at radius 2 is 1.83 bits per heavy atom. The molecule has 1 aliphatic heterocycles. The lowest BCUT2D eigenvalue weighted by Crippen LogP contribution is -2.49. The molecule has 7 heteroatoms. The number of carbonyl (C=O) groups is 1. The van der Waals surface area contributed by atoms with Gasteiger partial charge in [-0.25, -0.2) is 8.42 Å². The summed E-state index contributed by atoms with van der Waals surface area (Å²) in [4.78, 5) is 14.6. The van der Waals surface area contributed by atoms with Crippen molar-refractivity contribution in [3.63, 3.8) is 0 Å². The molecule has 1 fully saturated rings. The molecular weight excluding hydrogens is 328 g/mol. The van der Waals surface area contributed by atoms with Gasteiger partial charge in [-0.2, -0.15) is 0 Å². The Morgan fingerprint density at radius 1 is 1.21 bits per heavy atom. The fourth-order valence-electron chi connectivity index (χ4n) is 3.11. The van der Waals surface area contributed by atoms with Gasteiger partial charge in [0.05, 0.1) is 19.1 Å². The molecule has 24 heavy (non-hydrogen) atoms. The standard InChI is InChI=1S/C17H26N2O4S/c1-14(17(20)18-11-6-4-5-7-12-18)19(24(3,21)22)15-9-8-10-16(13-15)23-2/h8-10,13-14H,4-7,11-12H2,1-3H3/t14-/m0/s1. The molecule has 1 atom stereocenters. The number of carbonyl (C=O) groups excluding carboxylic acids is 1. The van der Waals surface area contributed by atoms with Crippen LogP contribution in [0.3, 0.4) is 0 Å². The van der Waals surface area contributed by atoms with Crippen molar-refractivity contribution in [1.82, 2.24) is 4.90 Å². The molecule has 6 nitrogen and oxygen atoms in total. The molecule has 0 aliphatic carbocycles. The molecule has 1 aliphatic rings. The van der Waals surface area contributed by atoms with Crippen LogP contribution in [-0.4, -0.2) is 51.7 Å². The second kappa shape index (κ2) is 7.88. The Hall–Kier alpha value is -1.76. The van der Waals surface area contributed by atoms with E-state index < -0.39 is 16.1 Å². The fourth-order valence-corrected chi connectivity index (χ4v) is 4.27. The van der Waals surface area contributed by atoms with Crippen molar-refractivity contribution in [3.05, 3.63) is 24.3 Å². The van der Waals surface area contributed by atoms with Crippen molar-refractivity contribution in [3.8, 4) is 5.75 Å². The van der Waals surface area contributed by atoms with Crippen LogP contribution in [0, 0.1) is 0 Å². The Balaban J connectivity index is 2.31. The third-order valence-corrected chi connectivity index (χ3v) is 5.53. The highest BCUT2D eigenvalue weighted by Crippen LogP contribution is 2.26. The Kier molecular flexibility index (Phi) is 6.10. The zero-order chi connectivity index (χ0) is 17.7. The Labute approximate surface area is 144 Å². The molecule has 1 amide bonds. The zero-order valence-corrected chi connectivity index (χ0v) is 15.4. The summed E-state index contributed by atoms with van der Waals surface area (Å²) in [5, 5.41) is 0. The van der Waals surface area contributed by atoms with E-state index in [0.29, 0.717) is 24.5 Å². The van der Waals surface area contributed by atoms with Gasteiger partial charge in [-0.05, 0) is 31.9 Å². The molecule has 2 rings (SSSR count). The van der Waals surface area contributed by atoms with Crippen LogP contribution in [0.5, 0.6) is 5.75 Å². The van der Waals surface area contributed by atoms with Gasteiger partial charge in [-0.15, -0.1) is 0 Å². The maximum absolute atomic E-state index is 12.9. The van der Waals surface area contributed by atoms with Gasteiger partial charge in [0.2, 0.25) is 15.9 Å². The largest absolute Gasteiger partial charge is 0.497 e. The lowest BCUT2D eigenvalue weighted by atomic mass is 10.2. The summed E-state index contributed by atoms with van der Waals surface area (Å²) in [6.07, 6.45) is 5.29. The number of methoxy groups -OCH3 is 1. The van der Waals surface area contributed by atoms with E-state index in [1.807, 2.05) is 0 Å². The number of sulfonamides is 1. The number of ether oxygens (including phenoxy) is 1. The minimum Gasteiger partial charge on any atom is -0.497 e. The van der Waals surface area contributed by atoms with Crippen molar-refractivity contribution >= 4 is 21.6 Å². The average molecular weight is 354 g/mol. The van der Waals surface area contributed by atoms with Crippen LogP contribution in [0.15, 0.2) is 24.3 Å². The average Bonchev–Trinajstić information content (AvgIpc) is 2.82. The number of anilines is 1. The van der Waals surface area contributed by atoms with E-state index in [-0.39, 0.29) is 5.91 Å². The maximum atomic E-state index is 12.9. The molecule has 0 bridgehead atoms. The molecule has 1 aromatic rings. The number of nitrogens with zero attached hydrogens (tertiary/aromatic N) is 2. The number of benzene rings is 1. The topological polar surface area (TPSA) is 66.9 Å². The van der Waals surface area contributed by atoms with Crippen molar-refractivity contribution in [2.45, 2.75) is 38.6 Å². The molecule has 1 heterocycles. The number of hydrogen-bond donors (Lipinski definition) is 0. The number of rotatable bonds is 5. The van der Waals surface area contributed by atoms with Crippen LogP contribution < -0.4 is 9.04 Å². The predicted molar refractivity (Wildman–Crippen MR) is 94.8 cm³/mol. The first kappa shape index (κ1) is 18.6. The second-order valence-electron chi connectivity index (χ2n) is 6.18. The molecule has 0 saturated carbocycles. The number of likely N-dealkylation sites (tertiary alicyclic amines) is 1. The van der Waals surface area contributed by atoms with E-state index in [0.717, 1.165) is 31.9 Å². The summed E-state index contributed by atoms with van der Waals surface area (Å²) in [6, 6.07) is 5.98. The quantitative estimate of drug-likeness (QED) is 0.813. The normalized spacial score (nSPS) is 17.0. The first-order chi connectivity index (χ1) is 11.3. The van der Waals surface area contributed by atoms with Gasteiger partial charge in [0.25, 0.3) is 0 Å². The van der Waals surface area contributed by atoms with Crippen LogP contribution in [-0.2, 0) is 14.8 Å². The van der Waals surface area contributed by atoms with Gasteiger partial charge in [-0.1, -0.05) is 18.9 Å². The summed E-state index contributed by atoms with van der Waals surface area (Å²) < 4.78 is 31.0. The molecule has 0 N–H and O–H groups in total. The Bertz CT molecular complexity index is 667. The molecule has 0 unspecified atom stereocenters. The monoisotopic (exact) mass is 354 g/mol. The van der Waals surface area contributed by atoms with Gasteiger partial charge in [0.15, 0.2) is 0 Å². The molecular formula is C17H26N2O4S. The Morgan fingerprint density at radius 3 is 2.38 bits per heavy atom. The van der Waals surface area contributed by atoms with E-state index in [9.17, 15) is 13.2 Å². The van der Waals surface area contributed by atoms with E-state index in [4.69, 9.17) is 4.74 Å². The summed E-state index contributed by atoms with van der Waals surface area (Å²) in [6.45, 7) is 3.03. The summed E-state index contributed by atoms with van der Waals surface area (Å²) in [5.74, 6) is 0.403. The SMILES string of the molecule is COc1cccc(N([C@@H](C)C(=O)N2CCCCCC2)S(C)(=O)=O)c1. The van der Waals surface area contributed by atoms with Gasteiger partial charge < -0.3 is 9.64 Å². The molecule has 0 aromatic heterocycles. The summed E-state index contributed by atoms with van der Waals surface area (Å²) in [7, 11) is -2.08. The van der Waals surface area contributed by atoms with Crippen molar-refractivity contribution in [2.75, 3.05) is 30.8 Å².